The molecule has 0 aliphatic carbocycles. The number of aromatic nitrogens is 1. The molecule has 2 nitrogen and oxygen atoms in total. The Kier molecular flexibility index (Phi) is 3.17. The van der Waals surface area contributed by atoms with Gasteiger partial charge in [0.1, 0.15) is 11.0 Å². The minimum Gasteiger partial charge on any atom is -0.334 e. The van der Waals surface area contributed by atoms with E-state index in [-0.39, 0.29) is 5.82 Å². The van der Waals surface area contributed by atoms with E-state index in [0.717, 1.165) is 24.0 Å². The van der Waals surface area contributed by atoms with Gasteiger partial charge in [-0.3, -0.25) is 0 Å². The molecule has 4 heteroatoms. The van der Waals surface area contributed by atoms with Crippen LogP contribution in [0.15, 0.2) is 18.2 Å². The van der Waals surface area contributed by atoms with Crippen molar-refractivity contribution in [3.05, 3.63) is 34.7 Å². The molecule has 16 heavy (non-hydrogen) atoms. The van der Waals surface area contributed by atoms with Crippen molar-refractivity contribution in [3.8, 4) is 0 Å². The van der Waals surface area contributed by atoms with Gasteiger partial charge in [0.05, 0.1) is 5.52 Å². The van der Waals surface area contributed by atoms with Crippen molar-refractivity contribution in [3.63, 3.8) is 0 Å². The van der Waals surface area contributed by atoms with Gasteiger partial charge in [0.15, 0.2) is 0 Å². The van der Waals surface area contributed by atoms with Crippen LogP contribution in [0.4, 0.5) is 4.39 Å². The van der Waals surface area contributed by atoms with E-state index < -0.39 is 0 Å². The number of fused-ring (bicyclic) bond motifs is 1. The molecule has 1 aromatic carbocycles. The van der Waals surface area contributed by atoms with Crippen molar-refractivity contribution in [2.24, 2.45) is 7.05 Å². The van der Waals surface area contributed by atoms with E-state index in [9.17, 15) is 4.39 Å². The minimum atomic E-state index is -0.203. The molecule has 2 aromatic rings. The quantitative estimate of drug-likeness (QED) is 0.873. The normalized spacial score (nSPS) is 11.2. The summed E-state index contributed by atoms with van der Waals surface area (Å²) in [5.74, 6) is -0.203. The summed E-state index contributed by atoms with van der Waals surface area (Å²) < 4.78 is 15.6. The summed E-state index contributed by atoms with van der Waals surface area (Å²) in [6.07, 6.45) is 0.730. The van der Waals surface area contributed by atoms with Gasteiger partial charge >= 0.3 is 0 Å². The molecule has 0 spiro atoms. The number of benzene rings is 1. The highest BCUT2D eigenvalue weighted by molar-refractivity contribution is 6.32. The van der Waals surface area contributed by atoms with Crippen LogP contribution in [0.3, 0.4) is 0 Å². The van der Waals surface area contributed by atoms with Gasteiger partial charge in [0, 0.05) is 18.0 Å². The Balaban J connectivity index is 2.66. The molecule has 0 bridgehead atoms. The molecular formula is C12H14ClFN2. The van der Waals surface area contributed by atoms with Crippen LogP contribution < -0.4 is 5.32 Å². The highest BCUT2D eigenvalue weighted by Gasteiger charge is 2.15. The first-order valence-corrected chi connectivity index (χ1v) is 5.60. The summed E-state index contributed by atoms with van der Waals surface area (Å²) in [7, 11) is 3.72. The van der Waals surface area contributed by atoms with E-state index >= 15 is 0 Å². The third-order valence-electron chi connectivity index (χ3n) is 2.82. The Morgan fingerprint density at radius 3 is 2.88 bits per heavy atom. The summed E-state index contributed by atoms with van der Waals surface area (Å²) >= 11 is 6.21. The van der Waals surface area contributed by atoms with Crippen LogP contribution >= 0.6 is 11.6 Å². The second-order valence-corrected chi connectivity index (χ2v) is 4.17. The monoisotopic (exact) mass is 240 g/mol. The van der Waals surface area contributed by atoms with Gasteiger partial charge in [-0.25, -0.2) is 4.39 Å². The summed E-state index contributed by atoms with van der Waals surface area (Å²) in [5.41, 5.74) is 1.72. The zero-order chi connectivity index (χ0) is 11.7. The third kappa shape index (κ3) is 1.70. The molecule has 1 N–H and O–H groups in total. The SMILES string of the molecule is CNCCc1c(Cl)n(C)c2cccc(F)c12. The Morgan fingerprint density at radius 1 is 1.44 bits per heavy atom. The molecule has 0 atom stereocenters. The second-order valence-electron chi connectivity index (χ2n) is 3.82. The fraction of sp³-hybridized carbons (Fsp3) is 0.333. The maximum Gasteiger partial charge on any atom is 0.132 e. The lowest BCUT2D eigenvalue weighted by Crippen LogP contribution is -2.10. The molecule has 0 saturated carbocycles. The molecular weight excluding hydrogens is 227 g/mol. The molecule has 1 aromatic heterocycles. The Hall–Kier alpha value is -1.06. The molecule has 1 heterocycles. The van der Waals surface area contributed by atoms with Crippen molar-refractivity contribution in [1.29, 1.82) is 0 Å². The predicted molar refractivity (Wildman–Crippen MR) is 65.5 cm³/mol. The number of rotatable bonds is 3. The molecule has 86 valence electrons. The van der Waals surface area contributed by atoms with Crippen LogP contribution in [-0.2, 0) is 13.5 Å². The number of nitrogens with one attached hydrogen (secondary N) is 1. The van der Waals surface area contributed by atoms with E-state index in [1.807, 2.05) is 24.7 Å². The first-order chi connectivity index (χ1) is 7.66. The maximum absolute atomic E-state index is 13.8. The number of halogens is 2. The van der Waals surface area contributed by atoms with E-state index in [1.54, 1.807) is 6.07 Å². The first-order valence-electron chi connectivity index (χ1n) is 5.22. The average Bonchev–Trinajstić information content (AvgIpc) is 2.52. The van der Waals surface area contributed by atoms with Crippen molar-refractivity contribution >= 4 is 22.5 Å². The lowest BCUT2D eigenvalue weighted by Gasteiger charge is -2.00. The Labute approximate surface area is 99.0 Å². The largest absolute Gasteiger partial charge is 0.334 e. The highest BCUT2D eigenvalue weighted by atomic mass is 35.5. The van der Waals surface area contributed by atoms with Crippen LogP contribution in [0.2, 0.25) is 5.15 Å². The lowest BCUT2D eigenvalue weighted by molar-refractivity contribution is 0.638. The molecule has 0 fully saturated rings. The van der Waals surface area contributed by atoms with Gasteiger partial charge in [-0.15, -0.1) is 0 Å². The standard InChI is InChI=1S/C12H14ClFN2/c1-15-7-6-8-11-9(14)4-3-5-10(11)16(2)12(8)13/h3-5,15H,6-7H2,1-2H3. The number of nitrogens with zero attached hydrogens (tertiary/aromatic N) is 1. The zero-order valence-electron chi connectivity index (χ0n) is 9.35. The van der Waals surface area contributed by atoms with Crippen LogP contribution in [0.25, 0.3) is 10.9 Å². The fourth-order valence-electron chi connectivity index (χ4n) is 1.98. The molecule has 2 rings (SSSR count). The van der Waals surface area contributed by atoms with Gasteiger partial charge in [-0.1, -0.05) is 17.7 Å². The van der Waals surface area contributed by atoms with Crippen molar-refractivity contribution in [2.45, 2.75) is 6.42 Å². The third-order valence-corrected chi connectivity index (χ3v) is 3.30. The van der Waals surface area contributed by atoms with Crippen LogP contribution in [0, 0.1) is 5.82 Å². The first kappa shape index (κ1) is 11.4. The second kappa shape index (κ2) is 4.44. The maximum atomic E-state index is 13.8. The van der Waals surface area contributed by atoms with Gasteiger partial charge in [0.2, 0.25) is 0 Å². The summed E-state index contributed by atoms with van der Waals surface area (Å²) in [5, 5.41) is 4.31. The van der Waals surface area contributed by atoms with Gasteiger partial charge in [0.25, 0.3) is 0 Å². The number of hydrogen-bond donors (Lipinski definition) is 1. The van der Waals surface area contributed by atoms with E-state index in [1.165, 1.54) is 6.07 Å². The lowest BCUT2D eigenvalue weighted by atomic mass is 10.1. The minimum absolute atomic E-state index is 0.203. The Bertz CT molecular complexity index is 519. The molecule has 0 amide bonds. The number of aryl methyl sites for hydroxylation is 1. The van der Waals surface area contributed by atoms with Crippen molar-refractivity contribution in [2.75, 3.05) is 13.6 Å². The van der Waals surface area contributed by atoms with E-state index in [0.29, 0.717) is 10.5 Å². The van der Waals surface area contributed by atoms with Gasteiger partial charge in [-0.2, -0.15) is 0 Å². The summed E-state index contributed by atoms with van der Waals surface area (Å²) in [4.78, 5) is 0. The molecule has 0 saturated heterocycles. The van der Waals surface area contributed by atoms with E-state index in [2.05, 4.69) is 5.32 Å². The molecule has 0 aliphatic heterocycles. The zero-order valence-corrected chi connectivity index (χ0v) is 10.1. The number of likely N-dealkylation sites (N-methyl/N-ethyl adjacent to an activating group) is 1. The van der Waals surface area contributed by atoms with Crippen molar-refractivity contribution < 1.29 is 4.39 Å². The number of hydrogen-bond acceptors (Lipinski definition) is 1. The average molecular weight is 241 g/mol. The van der Waals surface area contributed by atoms with Crippen LogP contribution in [0.5, 0.6) is 0 Å². The highest BCUT2D eigenvalue weighted by Crippen LogP contribution is 2.31. The Morgan fingerprint density at radius 2 is 2.19 bits per heavy atom. The van der Waals surface area contributed by atoms with Gasteiger partial charge in [-0.05, 0) is 32.1 Å². The molecule has 0 radical (unpaired) electrons. The van der Waals surface area contributed by atoms with Gasteiger partial charge < -0.3 is 9.88 Å². The van der Waals surface area contributed by atoms with Crippen LogP contribution in [0.1, 0.15) is 5.56 Å². The topological polar surface area (TPSA) is 17.0 Å². The molecule has 0 unspecified atom stereocenters. The van der Waals surface area contributed by atoms with Crippen LogP contribution in [-0.4, -0.2) is 18.2 Å². The van der Waals surface area contributed by atoms with Crippen molar-refractivity contribution in [1.82, 2.24) is 9.88 Å². The predicted octanol–water partition coefficient (Wildman–Crippen LogP) is 2.73. The summed E-state index contributed by atoms with van der Waals surface area (Å²) in [6, 6.07) is 5.06. The van der Waals surface area contributed by atoms with E-state index in [4.69, 9.17) is 11.6 Å². The fourth-order valence-corrected chi connectivity index (χ4v) is 2.26. The summed E-state index contributed by atoms with van der Waals surface area (Å²) in [6.45, 7) is 0.785. The smallest absolute Gasteiger partial charge is 0.132 e. The molecule has 0 aliphatic rings.